The first-order valence-corrected chi connectivity index (χ1v) is 11.9. The molecule has 1 aliphatic heterocycles. The Morgan fingerprint density at radius 1 is 1.40 bits per heavy atom. The third kappa shape index (κ3) is 3.41. The molecule has 25 heavy (non-hydrogen) atoms. The molecule has 1 amide bonds. The predicted octanol–water partition coefficient (Wildman–Crippen LogP) is 1.96. The van der Waals surface area contributed by atoms with Crippen molar-refractivity contribution < 1.29 is 13.2 Å². The van der Waals surface area contributed by atoms with Gasteiger partial charge in [0.05, 0.1) is 16.8 Å². The van der Waals surface area contributed by atoms with Gasteiger partial charge < -0.3 is 5.32 Å². The van der Waals surface area contributed by atoms with E-state index >= 15 is 0 Å². The van der Waals surface area contributed by atoms with Gasteiger partial charge in [-0.2, -0.15) is 0 Å². The predicted molar refractivity (Wildman–Crippen MR) is 100.0 cm³/mol. The van der Waals surface area contributed by atoms with Crippen molar-refractivity contribution in [3.63, 3.8) is 0 Å². The van der Waals surface area contributed by atoms with Gasteiger partial charge in [-0.05, 0) is 38.2 Å². The molecule has 1 saturated heterocycles. The van der Waals surface area contributed by atoms with E-state index in [0.29, 0.717) is 6.42 Å². The molecule has 134 valence electrons. The highest BCUT2D eigenvalue weighted by molar-refractivity contribution is 8.00. The normalized spacial score (nSPS) is 22.8. The molecule has 6 nitrogen and oxygen atoms in total. The summed E-state index contributed by atoms with van der Waals surface area (Å²) < 4.78 is 23.1. The maximum absolute atomic E-state index is 12.5. The van der Waals surface area contributed by atoms with Gasteiger partial charge in [0.25, 0.3) is 0 Å². The largest absolute Gasteiger partial charge is 0.351 e. The van der Waals surface area contributed by atoms with Crippen LogP contribution in [0.3, 0.4) is 0 Å². The second kappa shape index (κ2) is 6.51. The number of hydrogen-bond acceptors (Lipinski definition) is 7. The molecular formula is C16H19N3O3S3. The fourth-order valence-electron chi connectivity index (χ4n) is 3.44. The Bertz CT molecular complexity index is 939. The summed E-state index contributed by atoms with van der Waals surface area (Å²) in [6.07, 6.45) is 5.39. The topological polar surface area (TPSA) is 89.0 Å². The maximum Gasteiger partial charge on any atom is 0.233 e. The quantitative estimate of drug-likeness (QED) is 0.627. The summed E-state index contributed by atoms with van der Waals surface area (Å²) >= 11 is 3.16. The van der Waals surface area contributed by atoms with Crippen molar-refractivity contribution in [2.24, 2.45) is 0 Å². The van der Waals surface area contributed by atoms with Gasteiger partial charge in [0, 0.05) is 16.3 Å². The van der Waals surface area contributed by atoms with Crippen LogP contribution in [0.1, 0.15) is 30.2 Å². The van der Waals surface area contributed by atoms with Gasteiger partial charge in [-0.25, -0.2) is 18.4 Å². The number of aromatic nitrogens is 2. The van der Waals surface area contributed by atoms with Gasteiger partial charge in [0.15, 0.2) is 9.84 Å². The molecule has 0 radical (unpaired) electrons. The fourth-order valence-corrected chi connectivity index (χ4v) is 7.36. The van der Waals surface area contributed by atoms with Crippen molar-refractivity contribution in [1.29, 1.82) is 0 Å². The number of thioether (sulfide) groups is 1. The number of carbonyl (C=O) groups excluding carboxylic acids is 1. The molecule has 0 bridgehead atoms. The molecule has 1 fully saturated rings. The average Bonchev–Trinajstić information content (AvgIpc) is 3.21. The van der Waals surface area contributed by atoms with Gasteiger partial charge >= 0.3 is 0 Å². The Hall–Kier alpha value is -1.19. The van der Waals surface area contributed by atoms with E-state index in [0.717, 1.165) is 28.1 Å². The molecule has 2 unspecified atom stereocenters. The molecule has 9 heteroatoms. The molecule has 2 aromatic heterocycles. The van der Waals surface area contributed by atoms with Crippen molar-refractivity contribution >= 4 is 49.1 Å². The van der Waals surface area contributed by atoms with Gasteiger partial charge in [-0.15, -0.1) is 11.3 Å². The maximum atomic E-state index is 12.5. The number of amides is 1. The Kier molecular flexibility index (Phi) is 4.49. The van der Waals surface area contributed by atoms with E-state index in [1.54, 1.807) is 17.7 Å². The van der Waals surface area contributed by atoms with Crippen LogP contribution in [0.15, 0.2) is 11.4 Å². The highest BCUT2D eigenvalue weighted by Gasteiger charge is 2.30. The van der Waals surface area contributed by atoms with Crippen LogP contribution in [-0.2, 0) is 27.5 Å². The summed E-state index contributed by atoms with van der Waals surface area (Å²) in [5.41, 5.74) is 1.34. The van der Waals surface area contributed by atoms with Crippen LogP contribution in [0.25, 0.3) is 10.2 Å². The van der Waals surface area contributed by atoms with Gasteiger partial charge in [-0.3, -0.25) is 4.79 Å². The molecule has 3 heterocycles. The molecule has 0 spiro atoms. The zero-order valence-electron chi connectivity index (χ0n) is 13.8. The second-order valence-electron chi connectivity index (χ2n) is 6.58. The summed E-state index contributed by atoms with van der Waals surface area (Å²) in [6.45, 7) is 1.84. The lowest BCUT2D eigenvalue weighted by Gasteiger charge is -2.15. The number of nitrogens with one attached hydrogen (secondary N) is 1. The van der Waals surface area contributed by atoms with Crippen LogP contribution in [0.2, 0.25) is 0 Å². The summed E-state index contributed by atoms with van der Waals surface area (Å²) in [6, 6.07) is -0.267. The van der Waals surface area contributed by atoms with Crippen LogP contribution in [0.4, 0.5) is 0 Å². The lowest BCUT2D eigenvalue weighted by atomic mass is 10.2. The Morgan fingerprint density at radius 3 is 3.00 bits per heavy atom. The van der Waals surface area contributed by atoms with E-state index in [1.165, 1.54) is 28.6 Å². The Balaban J connectivity index is 1.50. The lowest BCUT2D eigenvalue weighted by Crippen LogP contribution is -2.39. The Morgan fingerprint density at radius 2 is 2.24 bits per heavy atom. The number of fused-ring (bicyclic) bond motifs is 3. The standard InChI is InChI=1S/C16H19N3O3S3/c1-9(14(20)19-10-5-6-25(21,22)7-10)23-15-13-11-3-2-4-12(11)24-16(13)18-8-17-15/h8-10H,2-7H2,1H3,(H,19,20). The van der Waals surface area contributed by atoms with Crippen molar-refractivity contribution in [3.8, 4) is 0 Å². The summed E-state index contributed by atoms with van der Waals surface area (Å²) in [4.78, 5) is 23.6. The minimum atomic E-state index is -2.99. The Labute approximate surface area is 154 Å². The number of aryl methyl sites for hydroxylation is 2. The van der Waals surface area contributed by atoms with E-state index in [-0.39, 0.29) is 28.7 Å². The molecule has 2 atom stereocenters. The molecule has 1 N–H and O–H groups in total. The lowest BCUT2D eigenvalue weighted by molar-refractivity contribution is -0.120. The first-order valence-electron chi connectivity index (χ1n) is 8.35. The van der Waals surface area contributed by atoms with E-state index in [4.69, 9.17) is 0 Å². The number of rotatable bonds is 4. The minimum Gasteiger partial charge on any atom is -0.351 e. The summed E-state index contributed by atoms with van der Waals surface area (Å²) in [5.74, 6) is 0.0737. The molecule has 2 aliphatic rings. The molecule has 2 aromatic rings. The third-order valence-corrected chi connectivity index (χ3v) is 8.77. The number of carbonyl (C=O) groups is 1. The third-order valence-electron chi connectivity index (χ3n) is 4.70. The summed E-state index contributed by atoms with van der Waals surface area (Å²) in [7, 11) is -2.99. The van der Waals surface area contributed by atoms with E-state index in [9.17, 15) is 13.2 Å². The van der Waals surface area contributed by atoms with Gasteiger partial charge in [0.1, 0.15) is 16.2 Å². The fraction of sp³-hybridized carbons (Fsp3) is 0.562. The van der Waals surface area contributed by atoms with Crippen LogP contribution in [0, 0.1) is 0 Å². The van der Waals surface area contributed by atoms with Crippen molar-refractivity contribution in [2.75, 3.05) is 11.5 Å². The van der Waals surface area contributed by atoms with Crippen molar-refractivity contribution in [2.45, 2.75) is 48.9 Å². The molecule has 4 rings (SSSR count). The zero-order chi connectivity index (χ0) is 17.6. The second-order valence-corrected chi connectivity index (χ2v) is 11.2. The van der Waals surface area contributed by atoms with Gasteiger partial charge in [-0.1, -0.05) is 11.8 Å². The zero-order valence-corrected chi connectivity index (χ0v) is 16.3. The first-order chi connectivity index (χ1) is 11.9. The first kappa shape index (κ1) is 17.2. The highest BCUT2D eigenvalue weighted by atomic mass is 32.2. The molecule has 1 aliphatic carbocycles. The summed E-state index contributed by atoms with van der Waals surface area (Å²) in [5, 5.41) is 4.49. The van der Waals surface area contributed by atoms with E-state index in [1.807, 2.05) is 6.92 Å². The SMILES string of the molecule is CC(Sc1ncnc2sc3c(c12)CCC3)C(=O)NC1CCS(=O)(=O)C1. The number of hydrogen-bond donors (Lipinski definition) is 1. The van der Waals surface area contributed by atoms with Crippen LogP contribution in [-0.4, -0.2) is 47.1 Å². The minimum absolute atomic E-state index is 0.0475. The van der Waals surface area contributed by atoms with Crippen LogP contribution < -0.4 is 5.32 Å². The van der Waals surface area contributed by atoms with E-state index in [2.05, 4.69) is 15.3 Å². The van der Waals surface area contributed by atoms with Gasteiger partial charge in [0.2, 0.25) is 5.91 Å². The van der Waals surface area contributed by atoms with Crippen LogP contribution in [0.5, 0.6) is 0 Å². The molecule has 0 aromatic carbocycles. The van der Waals surface area contributed by atoms with Crippen molar-refractivity contribution in [1.82, 2.24) is 15.3 Å². The number of sulfone groups is 1. The average molecular weight is 398 g/mol. The number of nitrogens with zero attached hydrogens (tertiary/aromatic N) is 2. The molecular weight excluding hydrogens is 378 g/mol. The number of thiophene rings is 1. The smallest absolute Gasteiger partial charge is 0.233 e. The molecule has 0 saturated carbocycles. The van der Waals surface area contributed by atoms with Crippen LogP contribution >= 0.6 is 23.1 Å². The van der Waals surface area contributed by atoms with Crippen molar-refractivity contribution in [3.05, 3.63) is 16.8 Å². The van der Waals surface area contributed by atoms with E-state index < -0.39 is 9.84 Å². The highest BCUT2D eigenvalue weighted by Crippen LogP contribution is 2.40. The monoisotopic (exact) mass is 397 g/mol.